The zero-order chi connectivity index (χ0) is 18.5. The van der Waals surface area contributed by atoms with Crippen LogP contribution in [0.15, 0.2) is 29.4 Å². The van der Waals surface area contributed by atoms with Crippen molar-refractivity contribution < 1.29 is 4.21 Å². The summed E-state index contributed by atoms with van der Waals surface area (Å²) >= 11 is 0. The minimum absolute atomic E-state index is 0. The first-order chi connectivity index (χ1) is 12.6. The molecule has 150 valence electrons. The number of pyridine rings is 1. The average Bonchev–Trinajstić information content (AvgIpc) is 3.09. The van der Waals surface area contributed by atoms with Crippen LogP contribution in [0.5, 0.6) is 0 Å². The van der Waals surface area contributed by atoms with Gasteiger partial charge in [-0.15, -0.1) is 24.0 Å². The van der Waals surface area contributed by atoms with Gasteiger partial charge in [0.05, 0.1) is 12.2 Å². The second-order valence-electron chi connectivity index (χ2n) is 6.85. The number of hydrogen-bond acceptors (Lipinski definition) is 3. The van der Waals surface area contributed by atoms with Crippen molar-refractivity contribution in [3.05, 3.63) is 35.8 Å². The fourth-order valence-electron chi connectivity index (χ4n) is 3.60. The number of rotatable bonds is 5. The maximum atomic E-state index is 12.1. The summed E-state index contributed by atoms with van der Waals surface area (Å²) in [6.07, 6.45) is 6.31. The normalized spacial score (nSPS) is 21.5. The maximum absolute atomic E-state index is 12.1. The molecule has 2 aromatic rings. The summed E-state index contributed by atoms with van der Waals surface area (Å²) in [5.74, 6) is 1.53. The second kappa shape index (κ2) is 10.4. The molecule has 0 bridgehead atoms. The van der Waals surface area contributed by atoms with Gasteiger partial charge in [0.2, 0.25) is 0 Å². The van der Waals surface area contributed by atoms with Crippen LogP contribution in [-0.4, -0.2) is 43.6 Å². The number of guanidine groups is 1. The molecule has 1 aliphatic carbocycles. The molecule has 27 heavy (non-hydrogen) atoms. The molecule has 6 nitrogen and oxygen atoms in total. The highest BCUT2D eigenvalue weighted by atomic mass is 127. The highest BCUT2D eigenvalue weighted by Gasteiger charge is 2.26. The molecule has 0 saturated heterocycles. The van der Waals surface area contributed by atoms with Crippen molar-refractivity contribution in [3.63, 3.8) is 0 Å². The number of imidazole rings is 1. The Morgan fingerprint density at radius 3 is 2.93 bits per heavy atom. The van der Waals surface area contributed by atoms with E-state index in [2.05, 4.69) is 44.2 Å². The van der Waals surface area contributed by atoms with E-state index in [1.165, 1.54) is 5.69 Å². The van der Waals surface area contributed by atoms with Gasteiger partial charge in [-0.1, -0.05) is 19.4 Å². The third kappa shape index (κ3) is 5.66. The molecule has 2 N–H and O–H groups in total. The van der Waals surface area contributed by atoms with E-state index in [4.69, 9.17) is 0 Å². The van der Waals surface area contributed by atoms with Crippen LogP contribution in [0.25, 0.3) is 5.65 Å². The number of aryl methyl sites for hydroxylation is 1. The maximum Gasteiger partial charge on any atom is 0.191 e. The largest absolute Gasteiger partial charge is 0.354 e. The van der Waals surface area contributed by atoms with Crippen LogP contribution < -0.4 is 10.6 Å². The molecule has 2 heterocycles. The lowest BCUT2D eigenvalue weighted by molar-refractivity contribution is 0.413. The van der Waals surface area contributed by atoms with Crippen molar-refractivity contribution >= 4 is 46.4 Å². The van der Waals surface area contributed by atoms with Crippen molar-refractivity contribution in [1.29, 1.82) is 0 Å². The van der Waals surface area contributed by atoms with Crippen LogP contribution in [0.3, 0.4) is 0 Å². The average molecular weight is 503 g/mol. The standard InChI is InChI=1S/C19H29N5OS.HI/c1-4-26(25)17-9-6-8-15(11-17)23-19(20-3)21-12-16-13-24-14(2)7-5-10-18(24)22-16;/h5,7,10,13,15,17H,4,6,8-9,11-12H2,1-3H3,(H2,20,21,23);1H. The van der Waals surface area contributed by atoms with Crippen LogP contribution in [-0.2, 0) is 17.3 Å². The molecule has 1 fully saturated rings. The Morgan fingerprint density at radius 2 is 2.22 bits per heavy atom. The summed E-state index contributed by atoms with van der Waals surface area (Å²) in [6, 6.07) is 6.44. The predicted molar refractivity (Wildman–Crippen MR) is 123 cm³/mol. The first-order valence-electron chi connectivity index (χ1n) is 9.38. The molecule has 3 rings (SSSR count). The lowest BCUT2D eigenvalue weighted by Gasteiger charge is -2.30. The molecule has 0 radical (unpaired) electrons. The minimum Gasteiger partial charge on any atom is -0.354 e. The highest BCUT2D eigenvalue weighted by Crippen LogP contribution is 2.23. The SMILES string of the molecule is CCS(=O)C1CCCC(NC(=NC)NCc2cn3c(C)cccc3n2)C1.I. The Labute approximate surface area is 181 Å². The number of halogens is 1. The van der Waals surface area contributed by atoms with Crippen LogP contribution in [0.1, 0.15) is 44.0 Å². The molecule has 0 spiro atoms. The van der Waals surface area contributed by atoms with E-state index in [1.54, 1.807) is 7.05 Å². The Kier molecular flexibility index (Phi) is 8.53. The number of aliphatic imine (C=N–C) groups is 1. The molecule has 1 aliphatic rings. The van der Waals surface area contributed by atoms with Crippen molar-refractivity contribution in [3.8, 4) is 0 Å². The molecule has 0 aromatic carbocycles. The van der Waals surface area contributed by atoms with Gasteiger partial charge in [0.15, 0.2) is 5.96 Å². The van der Waals surface area contributed by atoms with Crippen molar-refractivity contribution in [2.24, 2.45) is 4.99 Å². The Morgan fingerprint density at radius 1 is 1.41 bits per heavy atom. The van der Waals surface area contributed by atoms with Crippen molar-refractivity contribution in [2.45, 2.75) is 57.4 Å². The van der Waals surface area contributed by atoms with Gasteiger partial charge in [0.1, 0.15) is 5.65 Å². The molecule has 8 heteroatoms. The Balaban J connectivity index is 0.00000261. The zero-order valence-corrected chi connectivity index (χ0v) is 19.4. The van der Waals surface area contributed by atoms with Gasteiger partial charge in [0.25, 0.3) is 0 Å². The number of fused-ring (bicyclic) bond motifs is 1. The van der Waals surface area contributed by atoms with Crippen LogP contribution in [0, 0.1) is 6.92 Å². The van der Waals surface area contributed by atoms with E-state index < -0.39 is 10.8 Å². The number of aromatic nitrogens is 2. The quantitative estimate of drug-likeness (QED) is 0.374. The minimum atomic E-state index is -0.709. The number of nitrogens with one attached hydrogen (secondary N) is 2. The smallest absolute Gasteiger partial charge is 0.191 e. The van der Waals surface area contributed by atoms with Crippen molar-refractivity contribution in [2.75, 3.05) is 12.8 Å². The predicted octanol–water partition coefficient (Wildman–Crippen LogP) is 3.01. The fraction of sp³-hybridized carbons (Fsp3) is 0.579. The lowest BCUT2D eigenvalue weighted by Crippen LogP contribution is -2.46. The van der Waals surface area contributed by atoms with E-state index >= 15 is 0 Å². The fourth-order valence-corrected chi connectivity index (χ4v) is 4.94. The summed E-state index contributed by atoms with van der Waals surface area (Å²) in [4.78, 5) is 8.99. The first kappa shape index (κ1) is 22.1. The van der Waals surface area contributed by atoms with E-state index in [9.17, 15) is 4.21 Å². The molecular formula is C19H30IN5OS. The number of hydrogen-bond donors (Lipinski definition) is 2. The first-order valence-corrected chi connectivity index (χ1v) is 10.8. The van der Waals surface area contributed by atoms with E-state index in [-0.39, 0.29) is 24.0 Å². The van der Waals surface area contributed by atoms with Gasteiger partial charge in [0, 0.05) is 46.8 Å². The van der Waals surface area contributed by atoms with Gasteiger partial charge >= 0.3 is 0 Å². The van der Waals surface area contributed by atoms with E-state index in [0.717, 1.165) is 48.7 Å². The molecule has 2 aromatic heterocycles. The van der Waals surface area contributed by atoms with E-state index in [0.29, 0.717) is 17.8 Å². The molecule has 0 amide bonds. The monoisotopic (exact) mass is 503 g/mol. The summed E-state index contributed by atoms with van der Waals surface area (Å²) in [5.41, 5.74) is 3.11. The van der Waals surface area contributed by atoms with Crippen molar-refractivity contribution in [1.82, 2.24) is 20.0 Å². The van der Waals surface area contributed by atoms with Crippen LogP contribution in [0.4, 0.5) is 0 Å². The summed E-state index contributed by atoms with van der Waals surface area (Å²) in [7, 11) is 1.08. The molecule has 3 unspecified atom stereocenters. The van der Waals surface area contributed by atoms with Crippen LogP contribution in [0.2, 0.25) is 0 Å². The Hall–Kier alpha value is -1.16. The molecule has 0 aliphatic heterocycles. The number of nitrogens with zero attached hydrogens (tertiary/aromatic N) is 3. The highest BCUT2D eigenvalue weighted by molar-refractivity contribution is 14.0. The molecule has 1 saturated carbocycles. The van der Waals surface area contributed by atoms with Gasteiger partial charge in [-0.05, 0) is 38.3 Å². The zero-order valence-electron chi connectivity index (χ0n) is 16.3. The Bertz CT molecular complexity index is 806. The lowest BCUT2D eigenvalue weighted by atomic mass is 9.95. The third-order valence-corrected chi connectivity index (χ3v) is 6.77. The molecule has 3 atom stereocenters. The topological polar surface area (TPSA) is 70.8 Å². The third-order valence-electron chi connectivity index (χ3n) is 5.03. The summed E-state index contributed by atoms with van der Waals surface area (Å²) in [6.45, 7) is 4.70. The summed E-state index contributed by atoms with van der Waals surface area (Å²) < 4.78 is 14.2. The van der Waals surface area contributed by atoms with Gasteiger partial charge in [-0.25, -0.2) is 4.98 Å². The van der Waals surface area contributed by atoms with Gasteiger partial charge in [-0.3, -0.25) is 9.20 Å². The van der Waals surface area contributed by atoms with Gasteiger partial charge in [-0.2, -0.15) is 0 Å². The second-order valence-corrected chi connectivity index (χ2v) is 8.86. The molecular weight excluding hydrogens is 473 g/mol. The summed E-state index contributed by atoms with van der Waals surface area (Å²) in [5, 5.41) is 7.17. The van der Waals surface area contributed by atoms with E-state index in [1.807, 2.05) is 19.1 Å². The van der Waals surface area contributed by atoms with Gasteiger partial charge < -0.3 is 15.0 Å². The van der Waals surface area contributed by atoms with Crippen LogP contribution >= 0.6 is 24.0 Å².